The highest BCUT2D eigenvalue weighted by molar-refractivity contribution is 7.13. The molecule has 2 aromatic heterocycles. The van der Waals surface area contributed by atoms with Crippen LogP contribution in [-0.4, -0.2) is 20.9 Å². The molecule has 0 aliphatic rings. The largest absolute Gasteiger partial charge is 0.321 e. The van der Waals surface area contributed by atoms with Crippen molar-refractivity contribution in [2.75, 3.05) is 5.32 Å². The number of hydrogen-bond donors (Lipinski definition) is 1. The quantitative estimate of drug-likeness (QED) is 0.760. The molecule has 1 N–H and O–H groups in total. The van der Waals surface area contributed by atoms with Gasteiger partial charge in [-0.3, -0.25) is 4.79 Å². The second-order valence-corrected chi connectivity index (χ2v) is 6.51. The lowest BCUT2D eigenvalue weighted by atomic mass is 10.1. The highest BCUT2D eigenvalue weighted by Gasteiger charge is 2.15. The van der Waals surface area contributed by atoms with Crippen molar-refractivity contribution in [1.29, 1.82) is 0 Å². The summed E-state index contributed by atoms with van der Waals surface area (Å²) in [6, 6.07) is 7.64. The predicted octanol–water partition coefficient (Wildman–Crippen LogP) is 4.11. The van der Waals surface area contributed by atoms with Gasteiger partial charge in [0.1, 0.15) is 11.2 Å². The van der Waals surface area contributed by atoms with E-state index in [0.29, 0.717) is 4.88 Å². The molecule has 0 unspecified atom stereocenters. The Morgan fingerprint density at radius 2 is 1.83 bits per heavy atom. The molecule has 0 aliphatic heterocycles. The third-order valence-corrected chi connectivity index (χ3v) is 4.76. The number of benzene rings is 1. The zero-order chi connectivity index (χ0) is 16.9. The van der Waals surface area contributed by atoms with E-state index in [4.69, 9.17) is 0 Å². The molecule has 0 saturated carbocycles. The van der Waals surface area contributed by atoms with E-state index >= 15 is 0 Å². The topological polar surface area (TPSA) is 67.8 Å². The molecule has 24 heavy (non-hydrogen) atoms. The van der Waals surface area contributed by atoms with Crippen molar-refractivity contribution in [3.8, 4) is 11.1 Å². The highest BCUT2D eigenvalue weighted by atomic mass is 32.1. The molecule has 3 rings (SSSR count). The standard InChI is InChI=1S/C18H18N4OS/c1-3-4-16-21-12(2)17(24-16)18(23)22-15-7-5-13(6-8-15)14-9-19-11-20-10-14/h5-11H,3-4H2,1-2H3,(H,22,23). The van der Waals surface area contributed by atoms with Crippen molar-refractivity contribution in [3.63, 3.8) is 0 Å². The lowest BCUT2D eigenvalue weighted by Crippen LogP contribution is -2.11. The van der Waals surface area contributed by atoms with Crippen molar-refractivity contribution in [1.82, 2.24) is 15.0 Å². The van der Waals surface area contributed by atoms with Crippen LogP contribution in [0.2, 0.25) is 0 Å². The summed E-state index contributed by atoms with van der Waals surface area (Å²) in [6.07, 6.45) is 6.96. The van der Waals surface area contributed by atoms with E-state index in [0.717, 1.165) is 40.4 Å². The fourth-order valence-corrected chi connectivity index (χ4v) is 3.43. The number of rotatable bonds is 5. The second-order valence-electron chi connectivity index (χ2n) is 5.43. The van der Waals surface area contributed by atoms with Gasteiger partial charge in [0.25, 0.3) is 5.91 Å². The number of amides is 1. The normalized spacial score (nSPS) is 10.6. The number of anilines is 1. The van der Waals surface area contributed by atoms with Crippen LogP contribution in [0.25, 0.3) is 11.1 Å². The molecular formula is C18H18N4OS. The van der Waals surface area contributed by atoms with Gasteiger partial charge in [-0.05, 0) is 37.5 Å². The first-order valence-corrected chi connectivity index (χ1v) is 8.62. The molecule has 122 valence electrons. The fourth-order valence-electron chi connectivity index (χ4n) is 2.37. The van der Waals surface area contributed by atoms with E-state index in [9.17, 15) is 4.79 Å². The molecule has 1 amide bonds. The zero-order valence-corrected chi connectivity index (χ0v) is 14.4. The van der Waals surface area contributed by atoms with Crippen LogP contribution in [-0.2, 0) is 6.42 Å². The van der Waals surface area contributed by atoms with E-state index in [1.165, 1.54) is 17.7 Å². The van der Waals surface area contributed by atoms with Gasteiger partial charge in [-0.2, -0.15) is 0 Å². The molecular weight excluding hydrogens is 320 g/mol. The van der Waals surface area contributed by atoms with E-state index in [2.05, 4.69) is 27.2 Å². The van der Waals surface area contributed by atoms with Crippen LogP contribution in [0.4, 0.5) is 5.69 Å². The van der Waals surface area contributed by atoms with Gasteiger partial charge >= 0.3 is 0 Å². The van der Waals surface area contributed by atoms with Crippen molar-refractivity contribution in [2.24, 2.45) is 0 Å². The van der Waals surface area contributed by atoms with Crippen molar-refractivity contribution in [3.05, 3.63) is 58.6 Å². The summed E-state index contributed by atoms with van der Waals surface area (Å²) in [5.74, 6) is -0.108. The minimum Gasteiger partial charge on any atom is -0.321 e. The van der Waals surface area contributed by atoms with Crippen LogP contribution < -0.4 is 5.32 Å². The zero-order valence-electron chi connectivity index (χ0n) is 13.6. The Balaban J connectivity index is 1.73. The number of nitrogens with one attached hydrogen (secondary N) is 1. The third kappa shape index (κ3) is 3.65. The average Bonchev–Trinajstić information content (AvgIpc) is 2.97. The van der Waals surface area contributed by atoms with Crippen LogP contribution in [0.15, 0.2) is 43.0 Å². The van der Waals surface area contributed by atoms with E-state index in [1.807, 2.05) is 31.2 Å². The SMILES string of the molecule is CCCc1nc(C)c(C(=O)Nc2ccc(-c3cncnc3)cc2)s1. The Morgan fingerprint density at radius 1 is 1.12 bits per heavy atom. The molecule has 0 saturated heterocycles. The first kappa shape index (κ1) is 16.3. The summed E-state index contributed by atoms with van der Waals surface area (Å²) in [4.78, 5) is 25.6. The summed E-state index contributed by atoms with van der Waals surface area (Å²) < 4.78 is 0. The van der Waals surface area contributed by atoms with Gasteiger partial charge in [-0.1, -0.05) is 19.1 Å². The lowest BCUT2D eigenvalue weighted by molar-refractivity contribution is 0.103. The first-order chi connectivity index (χ1) is 11.7. The number of nitrogens with zero attached hydrogens (tertiary/aromatic N) is 3. The van der Waals surface area contributed by atoms with Crippen LogP contribution in [0.5, 0.6) is 0 Å². The second kappa shape index (κ2) is 7.31. The van der Waals surface area contributed by atoms with Gasteiger partial charge in [0.15, 0.2) is 0 Å². The van der Waals surface area contributed by atoms with Gasteiger partial charge in [-0.25, -0.2) is 15.0 Å². The van der Waals surface area contributed by atoms with E-state index in [1.54, 1.807) is 12.4 Å². The Labute approximate surface area is 144 Å². The van der Waals surface area contributed by atoms with Gasteiger partial charge < -0.3 is 5.32 Å². The predicted molar refractivity (Wildman–Crippen MR) is 96.3 cm³/mol. The molecule has 5 nitrogen and oxygen atoms in total. The first-order valence-electron chi connectivity index (χ1n) is 7.80. The molecule has 2 heterocycles. The Morgan fingerprint density at radius 3 is 2.50 bits per heavy atom. The highest BCUT2D eigenvalue weighted by Crippen LogP contribution is 2.23. The maximum absolute atomic E-state index is 12.4. The number of hydrogen-bond acceptors (Lipinski definition) is 5. The average molecular weight is 338 g/mol. The molecule has 1 aromatic carbocycles. The molecule has 0 atom stereocenters. The third-order valence-electron chi connectivity index (χ3n) is 3.55. The molecule has 0 aliphatic carbocycles. The number of carbonyl (C=O) groups excluding carboxylic acids is 1. The monoisotopic (exact) mass is 338 g/mol. The summed E-state index contributed by atoms with van der Waals surface area (Å²) in [6.45, 7) is 3.99. The summed E-state index contributed by atoms with van der Waals surface area (Å²) in [5.41, 5.74) is 3.50. The lowest BCUT2D eigenvalue weighted by Gasteiger charge is -2.06. The molecule has 0 radical (unpaired) electrons. The Hall–Kier alpha value is -2.60. The van der Waals surface area contributed by atoms with Crippen LogP contribution in [0.3, 0.4) is 0 Å². The van der Waals surface area contributed by atoms with Crippen molar-refractivity contribution < 1.29 is 4.79 Å². The molecule has 0 spiro atoms. The number of aryl methyl sites for hydroxylation is 2. The van der Waals surface area contributed by atoms with Crippen molar-refractivity contribution >= 4 is 22.9 Å². The van der Waals surface area contributed by atoms with E-state index < -0.39 is 0 Å². The minimum absolute atomic E-state index is 0.108. The summed E-state index contributed by atoms with van der Waals surface area (Å²) in [7, 11) is 0. The molecule has 6 heteroatoms. The van der Waals surface area contributed by atoms with Gasteiger partial charge in [0.2, 0.25) is 0 Å². The summed E-state index contributed by atoms with van der Waals surface area (Å²) in [5, 5.41) is 3.95. The Bertz CT molecular complexity index is 828. The van der Waals surface area contributed by atoms with Crippen LogP contribution >= 0.6 is 11.3 Å². The van der Waals surface area contributed by atoms with Gasteiger partial charge in [0.05, 0.1) is 10.7 Å². The van der Waals surface area contributed by atoms with E-state index in [-0.39, 0.29) is 5.91 Å². The maximum Gasteiger partial charge on any atom is 0.267 e. The smallest absolute Gasteiger partial charge is 0.267 e. The summed E-state index contributed by atoms with van der Waals surface area (Å²) >= 11 is 1.47. The molecule has 0 fully saturated rings. The number of thiazole rings is 1. The Kier molecular flexibility index (Phi) is 4.96. The van der Waals surface area contributed by atoms with Gasteiger partial charge in [0, 0.05) is 23.6 Å². The van der Waals surface area contributed by atoms with Crippen molar-refractivity contribution in [2.45, 2.75) is 26.7 Å². The van der Waals surface area contributed by atoms with Crippen LogP contribution in [0, 0.1) is 6.92 Å². The minimum atomic E-state index is -0.108. The fraction of sp³-hybridized carbons (Fsp3) is 0.222. The number of carbonyl (C=O) groups is 1. The number of aromatic nitrogens is 3. The van der Waals surface area contributed by atoms with Crippen LogP contribution in [0.1, 0.15) is 33.7 Å². The van der Waals surface area contributed by atoms with Gasteiger partial charge in [-0.15, -0.1) is 11.3 Å². The molecule has 3 aromatic rings. The molecule has 0 bridgehead atoms. The maximum atomic E-state index is 12.4.